The van der Waals surface area contributed by atoms with Gasteiger partial charge in [-0.1, -0.05) is 19.6 Å². The van der Waals surface area contributed by atoms with Gasteiger partial charge in [-0.15, -0.1) is 11.5 Å². The van der Waals surface area contributed by atoms with Crippen LogP contribution < -0.4 is 0 Å². The molecule has 0 radical (unpaired) electrons. The highest BCUT2D eigenvalue weighted by atomic mass is 28.3. The number of carbonyl (C=O) groups is 1. The fourth-order valence-corrected chi connectivity index (χ4v) is 3.17. The number of esters is 1. The maximum Gasteiger partial charge on any atom is 0.310 e. The van der Waals surface area contributed by atoms with E-state index in [4.69, 9.17) is 4.74 Å². The standard InChI is InChI=1S/C15H27NO2Si/c1-16-10-9-13(14(12-16)15(17)18-2)8-6-7-11-19(3,4)5/h13-14H,6,8-10,12H2,1-5H3/t13-,14+/m0/s1. The maximum atomic E-state index is 11.8. The second kappa shape index (κ2) is 7.11. The zero-order chi connectivity index (χ0) is 14.5. The summed E-state index contributed by atoms with van der Waals surface area (Å²) in [6, 6.07) is 0. The average molecular weight is 281 g/mol. The van der Waals surface area contributed by atoms with Crippen LogP contribution in [0.15, 0.2) is 0 Å². The normalized spacial score (nSPS) is 24.5. The van der Waals surface area contributed by atoms with Crippen LogP contribution in [0.2, 0.25) is 19.6 Å². The van der Waals surface area contributed by atoms with Crippen molar-refractivity contribution in [3.8, 4) is 11.5 Å². The van der Waals surface area contributed by atoms with E-state index < -0.39 is 8.07 Å². The van der Waals surface area contributed by atoms with Gasteiger partial charge in [0.05, 0.1) is 13.0 Å². The van der Waals surface area contributed by atoms with E-state index >= 15 is 0 Å². The molecule has 0 aromatic rings. The van der Waals surface area contributed by atoms with Crippen molar-refractivity contribution in [2.45, 2.75) is 38.9 Å². The number of hydrogen-bond acceptors (Lipinski definition) is 3. The number of piperidine rings is 1. The van der Waals surface area contributed by atoms with Gasteiger partial charge in [-0.3, -0.25) is 4.79 Å². The number of likely N-dealkylation sites (tertiary alicyclic amines) is 1. The summed E-state index contributed by atoms with van der Waals surface area (Å²) in [6.07, 6.45) is 3.00. The van der Waals surface area contributed by atoms with Crippen molar-refractivity contribution in [1.82, 2.24) is 4.90 Å². The highest BCUT2D eigenvalue weighted by Crippen LogP contribution is 2.27. The number of nitrogens with zero attached hydrogens (tertiary/aromatic N) is 1. The number of methoxy groups -OCH3 is 1. The molecule has 1 fully saturated rings. The van der Waals surface area contributed by atoms with E-state index in [1.807, 2.05) is 0 Å². The second-order valence-electron chi connectivity index (χ2n) is 6.53. The molecule has 0 spiro atoms. The number of carbonyl (C=O) groups excluding carboxylic acids is 1. The van der Waals surface area contributed by atoms with Crippen LogP contribution in [0.3, 0.4) is 0 Å². The molecule has 0 bridgehead atoms. The molecule has 1 aliphatic rings. The SMILES string of the molecule is COC(=O)[C@@H]1CN(C)CC[C@@H]1CCC#C[Si](C)(C)C. The van der Waals surface area contributed by atoms with Crippen LogP contribution >= 0.6 is 0 Å². The first kappa shape index (κ1) is 16.3. The third-order valence-corrected chi connectivity index (χ3v) is 4.49. The minimum Gasteiger partial charge on any atom is -0.469 e. The molecule has 19 heavy (non-hydrogen) atoms. The lowest BCUT2D eigenvalue weighted by atomic mass is 9.82. The van der Waals surface area contributed by atoms with Crippen LogP contribution in [0.1, 0.15) is 19.3 Å². The Hall–Kier alpha value is -0.793. The van der Waals surface area contributed by atoms with Gasteiger partial charge < -0.3 is 9.64 Å². The predicted octanol–water partition coefficient (Wildman–Crippen LogP) is 2.39. The third kappa shape index (κ3) is 5.79. The van der Waals surface area contributed by atoms with E-state index in [1.54, 1.807) is 0 Å². The predicted molar refractivity (Wildman–Crippen MR) is 81.5 cm³/mol. The molecular weight excluding hydrogens is 254 g/mol. The molecule has 2 atom stereocenters. The first-order valence-corrected chi connectivity index (χ1v) is 10.6. The van der Waals surface area contributed by atoms with Gasteiger partial charge in [0.1, 0.15) is 8.07 Å². The van der Waals surface area contributed by atoms with Crippen molar-refractivity contribution in [2.75, 3.05) is 27.2 Å². The van der Waals surface area contributed by atoms with Crippen molar-refractivity contribution < 1.29 is 9.53 Å². The molecule has 0 N–H and O–H groups in total. The molecule has 3 nitrogen and oxygen atoms in total. The first-order valence-electron chi connectivity index (χ1n) is 7.10. The number of ether oxygens (including phenoxy) is 1. The molecule has 1 rings (SSSR count). The molecule has 0 aromatic carbocycles. The van der Waals surface area contributed by atoms with Crippen LogP contribution in [0.25, 0.3) is 0 Å². The lowest BCUT2D eigenvalue weighted by Crippen LogP contribution is -2.42. The van der Waals surface area contributed by atoms with Crippen LogP contribution in [0.4, 0.5) is 0 Å². The van der Waals surface area contributed by atoms with Crippen molar-refractivity contribution in [2.24, 2.45) is 11.8 Å². The van der Waals surface area contributed by atoms with Crippen LogP contribution in [-0.4, -0.2) is 46.2 Å². The maximum absolute atomic E-state index is 11.8. The highest BCUT2D eigenvalue weighted by molar-refractivity contribution is 6.83. The van der Waals surface area contributed by atoms with Crippen LogP contribution in [-0.2, 0) is 9.53 Å². The number of rotatable bonds is 3. The number of hydrogen-bond donors (Lipinski definition) is 0. The molecule has 0 amide bonds. The van der Waals surface area contributed by atoms with E-state index in [1.165, 1.54) is 7.11 Å². The molecule has 0 saturated carbocycles. The van der Waals surface area contributed by atoms with Crippen molar-refractivity contribution in [3.05, 3.63) is 0 Å². The van der Waals surface area contributed by atoms with E-state index in [9.17, 15) is 4.79 Å². The Morgan fingerprint density at radius 2 is 2.11 bits per heavy atom. The Morgan fingerprint density at radius 3 is 2.68 bits per heavy atom. The van der Waals surface area contributed by atoms with Gasteiger partial charge in [0, 0.05) is 13.0 Å². The Labute approximate surface area is 118 Å². The van der Waals surface area contributed by atoms with Gasteiger partial charge in [-0.05, 0) is 32.4 Å². The summed E-state index contributed by atoms with van der Waals surface area (Å²) < 4.78 is 4.93. The fourth-order valence-electron chi connectivity index (χ4n) is 2.51. The Kier molecular flexibility index (Phi) is 6.09. The summed E-state index contributed by atoms with van der Waals surface area (Å²) in [6.45, 7) is 8.66. The molecule has 0 aromatic heterocycles. The minimum absolute atomic E-state index is 0.0254. The van der Waals surface area contributed by atoms with Crippen molar-refractivity contribution in [3.63, 3.8) is 0 Å². The monoisotopic (exact) mass is 281 g/mol. The Balaban J connectivity index is 2.54. The lowest BCUT2D eigenvalue weighted by Gasteiger charge is -2.34. The smallest absolute Gasteiger partial charge is 0.310 e. The summed E-state index contributed by atoms with van der Waals surface area (Å²) in [4.78, 5) is 14.1. The molecular formula is C15H27NO2Si. The van der Waals surface area contributed by atoms with Gasteiger partial charge >= 0.3 is 5.97 Å². The average Bonchev–Trinajstić information content (AvgIpc) is 2.33. The fraction of sp³-hybridized carbons (Fsp3) is 0.800. The molecule has 1 aliphatic heterocycles. The van der Waals surface area contributed by atoms with Crippen molar-refractivity contribution in [1.29, 1.82) is 0 Å². The summed E-state index contributed by atoms with van der Waals surface area (Å²) in [7, 11) is 2.29. The van der Waals surface area contributed by atoms with Crippen LogP contribution in [0.5, 0.6) is 0 Å². The van der Waals surface area contributed by atoms with Gasteiger partial charge in [-0.25, -0.2) is 0 Å². The zero-order valence-electron chi connectivity index (χ0n) is 13.0. The largest absolute Gasteiger partial charge is 0.469 e. The van der Waals surface area contributed by atoms with E-state index in [0.717, 1.165) is 32.4 Å². The zero-order valence-corrected chi connectivity index (χ0v) is 14.0. The molecule has 0 unspecified atom stereocenters. The Bertz CT molecular complexity index is 365. The molecule has 1 saturated heterocycles. The topological polar surface area (TPSA) is 29.5 Å². The minimum atomic E-state index is -1.26. The van der Waals surface area contributed by atoms with Gasteiger partial charge in [0.15, 0.2) is 0 Å². The summed E-state index contributed by atoms with van der Waals surface area (Å²) in [5.41, 5.74) is 3.39. The summed E-state index contributed by atoms with van der Waals surface area (Å²) in [5, 5.41) is 0. The van der Waals surface area contributed by atoms with E-state index in [-0.39, 0.29) is 11.9 Å². The van der Waals surface area contributed by atoms with Gasteiger partial charge in [-0.2, -0.15) is 0 Å². The molecule has 4 heteroatoms. The highest BCUT2D eigenvalue weighted by Gasteiger charge is 2.33. The molecule has 108 valence electrons. The van der Waals surface area contributed by atoms with E-state index in [0.29, 0.717) is 5.92 Å². The van der Waals surface area contributed by atoms with Gasteiger partial charge in [0.2, 0.25) is 0 Å². The summed E-state index contributed by atoms with van der Waals surface area (Å²) >= 11 is 0. The van der Waals surface area contributed by atoms with Crippen molar-refractivity contribution >= 4 is 14.0 Å². The Morgan fingerprint density at radius 1 is 1.42 bits per heavy atom. The van der Waals surface area contributed by atoms with E-state index in [2.05, 4.69) is 43.1 Å². The summed E-state index contributed by atoms with van der Waals surface area (Å²) in [5.74, 6) is 3.70. The quantitative estimate of drug-likeness (QED) is 0.452. The van der Waals surface area contributed by atoms with Crippen LogP contribution in [0, 0.1) is 23.3 Å². The first-order chi connectivity index (χ1) is 8.83. The molecule has 1 heterocycles. The van der Waals surface area contributed by atoms with Gasteiger partial charge in [0.25, 0.3) is 0 Å². The molecule has 0 aliphatic carbocycles. The third-order valence-electron chi connectivity index (χ3n) is 3.57. The second-order valence-corrected chi connectivity index (χ2v) is 11.3. The lowest BCUT2D eigenvalue weighted by molar-refractivity contribution is -0.149.